The molecule has 1 atom stereocenters. The van der Waals surface area contributed by atoms with Crippen molar-refractivity contribution in [2.24, 2.45) is 7.05 Å². The highest BCUT2D eigenvalue weighted by Gasteiger charge is 2.31. The fraction of sp³-hybridized carbons (Fsp3) is 0.471. The summed E-state index contributed by atoms with van der Waals surface area (Å²) in [5.41, 5.74) is 0.916. The van der Waals surface area contributed by atoms with Crippen molar-refractivity contribution in [3.8, 4) is 5.75 Å². The van der Waals surface area contributed by atoms with Crippen molar-refractivity contribution in [2.75, 3.05) is 13.2 Å². The van der Waals surface area contributed by atoms with E-state index in [1.807, 2.05) is 29.5 Å². The van der Waals surface area contributed by atoms with E-state index in [2.05, 4.69) is 10.2 Å². The maximum absolute atomic E-state index is 12.7. The number of piperidine rings is 1. The summed E-state index contributed by atoms with van der Waals surface area (Å²) in [6.45, 7) is 2.64. The standard InChI is InChI=1S/C17H21ClN4O2/c1-12-9-13(18)6-7-15(12)24-10-16(23)22-8-4-3-5-14(22)17-20-19-11-21(17)2/h6-7,9,11,14H,3-5,8,10H2,1-2H3. The minimum Gasteiger partial charge on any atom is -0.483 e. The van der Waals surface area contributed by atoms with E-state index in [9.17, 15) is 4.79 Å². The zero-order valence-corrected chi connectivity index (χ0v) is 14.7. The molecule has 0 radical (unpaired) electrons. The third kappa shape index (κ3) is 3.53. The van der Waals surface area contributed by atoms with Crippen LogP contribution in [0, 0.1) is 6.92 Å². The van der Waals surface area contributed by atoms with Gasteiger partial charge in [-0.25, -0.2) is 0 Å². The van der Waals surface area contributed by atoms with E-state index >= 15 is 0 Å². The van der Waals surface area contributed by atoms with Crippen molar-refractivity contribution in [3.05, 3.63) is 40.9 Å². The number of carbonyl (C=O) groups excluding carboxylic acids is 1. The lowest BCUT2D eigenvalue weighted by molar-refractivity contribution is -0.137. The van der Waals surface area contributed by atoms with Gasteiger partial charge in [-0.05, 0) is 49.9 Å². The molecular formula is C17H21ClN4O2. The van der Waals surface area contributed by atoms with Crippen molar-refractivity contribution >= 4 is 17.5 Å². The Hall–Kier alpha value is -2.08. The lowest BCUT2D eigenvalue weighted by atomic mass is 10.0. The summed E-state index contributed by atoms with van der Waals surface area (Å²) in [4.78, 5) is 14.5. The highest BCUT2D eigenvalue weighted by atomic mass is 35.5. The van der Waals surface area contributed by atoms with Gasteiger partial charge in [0, 0.05) is 18.6 Å². The Labute approximate surface area is 146 Å². The number of amides is 1. The molecule has 1 aliphatic heterocycles. The van der Waals surface area contributed by atoms with Crippen molar-refractivity contribution in [3.63, 3.8) is 0 Å². The van der Waals surface area contributed by atoms with Crippen LogP contribution in [0.25, 0.3) is 0 Å². The largest absolute Gasteiger partial charge is 0.483 e. The normalized spacial score (nSPS) is 17.8. The van der Waals surface area contributed by atoms with Gasteiger partial charge in [-0.3, -0.25) is 4.79 Å². The van der Waals surface area contributed by atoms with E-state index in [1.165, 1.54) is 0 Å². The van der Waals surface area contributed by atoms with Gasteiger partial charge < -0.3 is 14.2 Å². The third-order valence-electron chi connectivity index (χ3n) is 4.36. The average Bonchev–Trinajstić information content (AvgIpc) is 2.99. The van der Waals surface area contributed by atoms with Crippen LogP contribution in [0.4, 0.5) is 0 Å². The number of hydrogen-bond donors (Lipinski definition) is 0. The Kier molecular flexibility index (Phi) is 5.04. The molecule has 0 N–H and O–H groups in total. The second kappa shape index (κ2) is 7.21. The first-order chi connectivity index (χ1) is 11.6. The first-order valence-corrected chi connectivity index (χ1v) is 8.46. The van der Waals surface area contributed by atoms with Gasteiger partial charge in [0.2, 0.25) is 0 Å². The lowest BCUT2D eigenvalue weighted by Crippen LogP contribution is -2.42. The molecule has 0 spiro atoms. The van der Waals surface area contributed by atoms with Gasteiger partial charge in [-0.15, -0.1) is 10.2 Å². The van der Waals surface area contributed by atoms with Crippen LogP contribution in [0.15, 0.2) is 24.5 Å². The Morgan fingerprint density at radius 2 is 2.25 bits per heavy atom. The fourth-order valence-corrected chi connectivity index (χ4v) is 3.32. The first kappa shape index (κ1) is 16.8. The van der Waals surface area contributed by atoms with Gasteiger partial charge in [-0.1, -0.05) is 11.6 Å². The van der Waals surface area contributed by atoms with Crippen LogP contribution in [-0.4, -0.2) is 38.7 Å². The predicted molar refractivity (Wildman–Crippen MR) is 91.0 cm³/mol. The summed E-state index contributed by atoms with van der Waals surface area (Å²) in [5, 5.41) is 8.77. The molecule has 1 amide bonds. The molecule has 1 saturated heterocycles. The Morgan fingerprint density at radius 1 is 1.42 bits per heavy atom. The molecule has 1 fully saturated rings. The zero-order chi connectivity index (χ0) is 17.1. The van der Waals surface area contributed by atoms with Gasteiger partial charge in [-0.2, -0.15) is 0 Å². The summed E-state index contributed by atoms with van der Waals surface area (Å²) < 4.78 is 7.59. The molecule has 24 heavy (non-hydrogen) atoms. The molecule has 0 saturated carbocycles. The minimum absolute atomic E-state index is 0.0107. The number of carbonyl (C=O) groups is 1. The summed E-state index contributed by atoms with van der Waals surface area (Å²) in [7, 11) is 1.90. The van der Waals surface area contributed by atoms with Gasteiger partial charge in [0.1, 0.15) is 12.1 Å². The molecule has 0 aliphatic carbocycles. The van der Waals surface area contributed by atoms with Crippen molar-refractivity contribution < 1.29 is 9.53 Å². The van der Waals surface area contributed by atoms with Crippen LogP contribution in [-0.2, 0) is 11.8 Å². The number of nitrogens with zero attached hydrogens (tertiary/aromatic N) is 4. The summed E-state index contributed by atoms with van der Waals surface area (Å²) in [6.07, 6.45) is 4.65. The topological polar surface area (TPSA) is 60.2 Å². The first-order valence-electron chi connectivity index (χ1n) is 8.08. The lowest BCUT2D eigenvalue weighted by Gasteiger charge is -2.34. The molecule has 1 aromatic carbocycles. The van der Waals surface area contributed by atoms with E-state index in [1.54, 1.807) is 18.5 Å². The highest BCUT2D eigenvalue weighted by Crippen LogP contribution is 2.29. The fourth-order valence-electron chi connectivity index (χ4n) is 3.09. The van der Waals surface area contributed by atoms with Crippen LogP contribution in [0.3, 0.4) is 0 Å². The number of aryl methyl sites for hydroxylation is 2. The van der Waals surface area contributed by atoms with Gasteiger partial charge in [0.05, 0.1) is 6.04 Å². The predicted octanol–water partition coefficient (Wildman–Crippen LogP) is 2.91. The maximum atomic E-state index is 12.7. The Balaban J connectivity index is 1.69. The Morgan fingerprint density at radius 3 is 2.96 bits per heavy atom. The van der Waals surface area contributed by atoms with Gasteiger partial charge >= 0.3 is 0 Å². The molecule has 3 rings (SSSR count). The molecule has 0 bridgehead atoms. The van der Waals surface area contributed by atoms with Crippen LogP contribution in [0.5, 0.6) is 5.75 Å². The summed E-state index contributed by atoms with van der Waals surface area (Å²) in [5.74, 6) is 1.47. The maximum Gasteiger partial charge on any atom is 0.261 e. The van der Waals surface area contributed by atoms with Crippen LogP contribution in [0.1, 0.15) is 36.7 Å². The molecule has 1 unspecified atom stereocenters. The molecule has 128 valence electrons. The molecule has 7 heteroatoms. The molecule has 1 aliphatic rings. The van der Waals surface area contributed by atoms with Crippen LogP contribution in [0.2, 0.25) is 5.02 Å². The number of likely N-dealkylation sites (tertiary alicyclic amines) is 1. The second-order valence-corrected chi connectivity index (χ2v) is 6.53. The monoisotopic (exact) mass is 348 g/mol. The number of benzene rings is 1. The van der Waals surface area contributed by atoms with Crippen molar-refractivity contribution in [1.82, 2.24) is 19.7 Å². The van der Waals surface area contributed by atoms with E-state index in [-0.39, 0.29) is 18.6 Å². The zero-order valence-electron chi connectivity index (χ0n) is 13.9. The quantitative estimate of drug-likeness (QED) is 0.852. The molecule has 2 aromatic rings. The van der Waals surface area contributed by atoms with Crippen molar-refractivity contribution in [1.29, 1.82) is 0 Å². The summed E-state index contributed by atoms with van der Waals surface area (Å²) >= 11 is 5.95. The number of hydrogen-bond acceptors (Lipinski definition) is 4. The number of rotatable bonds is 4. The number of ether oxygens (including phenoxy) is 1. The molecule has 6 nitrogen and oxygen atoms in total. The highest BCUT2D eigenvalue weighted by molar-refractivity contribution is 6.30. The second-order valence-electron chi connectivity index (χ2n) is 6.10. The van der Waals surface area contributed by atoms with Gasteiger partial charge in [0.25, 0.3) is 5.91 Å². The van der Waals surface area contributed by atoms with Gasteiger partial charge in [0.15, 0.2) is 12.4 Å². The molecular weight excluding hydrogens is 328 g/mol. The van der Waals surface area contributed by atoms with E-state index in [0.29, 0.717) is 10.8 Å². The van der Waals surface area contributed by atoms with E-state index in [0.717, 1.165) is 37.2 Å². The smallest absolute Gasteiger partial charge is 0.261 e. The average molecular weight is 349 g/mol. The van der Waals surface area contributed by atoms with Crippen LogP contribution >= 0.6 is 11.6 Å². The van der Waals surface area contributed by atoms with Crippen LogP contribution < -0.4 is 4.74 Å². The number of halogens is 1. The van der Waals surface area contributed by atoms with E-state index in [4.69, 9.17) is 16.3 Å². The SMILES string of the molecule is Cc1cc(Cl)ccc1OCC(=O)N1CCCCC1c1nncn1C. The minimum atomic E-state index is -0.0336. The van der Waals surface area contributed by atoms with Crippen molar-refractivity contribution in [2.45, 2.75) is 32.2 Å². The molecule has 1 aromatic heterocycles. The third-order valence-corrected chi connectivity index (χ3v) is 4.59. The van der Waals surface area contributed by atoms with E-state index < -0.39 is 0 Å². The summed E-state index contributed by atoms with van der Waals surface area (Å²) in [6, 6.07) is 5.34. The number of aromatic nitrogens is 3. The molecule has 2 heterocycles. The Bertz CT molecular complexity index is 731.